The minimum Gasteiger partial charge on any atom is -0.310 e. The lowest BCUT2D eigenvalue weighted by molar-refractivity contribution is 0.260. The van der Waals surface area contributed by atoms with Crippen LogP contribution >= 0.6 is 0 Å². The van der Waals surface area contributed by atoms with E-state index in [1.165, 1.54) is 51.7 Å². The van der Waals surface area contributed by atoms with E-state index >= 15 is 0 Å². The zero-order valence-corrected chi connectivity index (χ0v) is 10.8. The van der Waals surface area contributed by atoms with Crippen LogP contribution in [0.3, 0.4) is 0 Å². The Bertz CT molecular complexity index is 150. The molecule has 0 bridgehead atoms. The van der Waals surface area contributed by atoms with Crippen LogP contribution in [0.25, 0.3) is 0 Å². The highest BCUT2D eigenvalue weighted by Gasteiger charge is 2.22. The van der Waals surface area contributed by atoms with Crippen LogP contribution in [0, 0.1) is 0 Å². The third kappa shape index (κ3) is 3.76. The summed E-state index contributed by atoms with van der Waals surface area (Å²) < 4.78 is 0. The molecule has 1 aliphatic heterocycles. The van der Waals surface area contributed by atoms with Crippen LogP contribution in [0.2, 0.25) is 0 Å². The first kappa shape index (κ1) is 13.0. The molecule has 1 aliphatic rings. The minimum atomic E-state index is 0.403. The highest BCUT2D eigenvalue weighted by Crippen LogP contribution is 2.18. The summed E-state index contributed by atoms with van der Waals surface area (Å²) in [5.41, 5.74) is 0.403. The van der Waals surface area contributed by atoms with Crippen molar-refractivity contribution in [3.63, 3.8) is 0 Å². The van der Waals surface area contributed by atoms with E-state index in [9.17, 15) is 0 Å². The van der Waals surface area contributed by atoms with Gasteiger partial charge in [0.2, 0.25) is 0 Å². The fourth-order valence-corrected chi connectivity index (χ4v) is 2.61. The van der Waals surface area contributed by atoms with Crippen molar-refractivity contribution in [3.8, 4) is 0 Å². The summed E-state index contributed by atoms with van der Waals surface area (Å²) in [7, 11) is 0. The average molecular weight is 212 g/mol. The van der Waals surface area contributed by atoms with E-state index < -0.39 is 0 Å². The molecular weight excluding hydrogens is 184 g/mol. The van der Waals surface area contributed by atoms with Crippen molar-refractivity contribution >= 4 is 0 Å². The van der Waals surface area contributed by atoms with Gasteiger partial charge < -0.3 is 10.2 Å². The Morgan fingerprint density at radius 1 is 1.00 bits per heavy atom. The van der Waals surface area contributed by atoms with E-state index in [4.69, 9.17) is 0 Å². The highest BCUT2D eigenvalue weighted by molar-refractivity contribution is 4.84. The lowest BCUT2D eigenvalue weighted by Gasteiger charge is -2.32. The molecule has 0 aromatic heterocycles. The monoisotopic (exact) mass is 212 g/mol. The van der Waals surface area contributed by atoms with Crippen molar-refractivity contribution in [2.75, 3.05) is 26.2 Å². The smallest absolute Gasteiger partial charge is 0.0174 e. The van der Waals surface area contributed by atoms with Crippen LogP contribution < -0.4 is 5.32 Å². The molecule has 1 rings (SSSR count). The molecule has 0 amide bonds. The SMILES string of the molecule is CCC(CC)(CC)NCCN1CCCC1. The van der Waals surface area contributed by atoms with E-state index in [0.717, 1.165) is 6.54 Å². The maximum Gasteiger partial charge on any atom is 0.0174 e. The summed E-state index contributed by atoms with van der Waals surface area (Å²) in [5, 5.41) is 3.77. The molecule has 1 N–H and O–H groups in total. The first-order chi connectivity index (χ1) is 7.26. The summed E-state index contributed by atoms with van der Waals surface area (Å²) in [5.74, 6) is 0. The molecular formula is C13H28N2. The van der Waals surface area contributed by atoms with Gasteiger partial charge in [0.1, 0.15) is 0 Å². The second-order valence-corrected chi connectivity index (χ2v) is 4.82. The molecule has 15 heavy (non-hydrogen) atoms. The molecule has 90 valence electrons. The first-order valence-electron chi connectivity index (χ1n) is 6.73. The number of hydrogen-bond donors (Lipinski definition) is 1. The van der Waals surface area contributed by atoms with Gasteiger partial charge in [-0.25, -0.2) is 0 Å². The van der Waals surface area contributed by atoms with E-state index in [2.05, 4.69) is 31.0 Å². The molecule has 1 saturated heterocycles. The average Bonchev–Trinajstić information content (AvgIpc) is 2.78. The zero-order chi connectivity index (χ0) is 11.1. The van der Waals surface area contributed by atoms with Crippen LogP contribution in [-0.4, -0.2) is 36.6 Å². The van der Waals surface area contributed by atoms with Gasteiger partial charge in [0.15, 0.2) is 0 Å². The van der Waals surface area contributed by atoms with Gasteiger partial charge in [-0.3, -0.25) is 0 Å². The number of likely N-dealkylation sites (tertiary alicyclic amines) is 1. The lowest BCUT2D eigenvalue weighted by Crippen LogP contribution is -2.46. The minimum absolute atomic E-state index is 0.403. The normalized spacial score (nSPS) is 18.6. The molecule has 0 aliphatic carbocycles. The Labute approximate surface area is 95.4 Å². The number of hydrogen-bond acceptors (Lipinski definition) is 2. The highest BCUT2D eigenvalue weighted by atomic mass is 15.2. The van der Waals surface area contributed by atoms with Crippen molar-refractivity contribution in [3.05, 3.63) is 0 Å². The summed E-state index contributed by atoms with van der Waals surface area (Å²) in [4.78, 5) is 2.58. The Kier molecular flexibility index (Phi) is 5.62. The molecule has 0 saturated carbocycles. The molecule has 0 atom stereocenters. The van der Waals surface area contributed by atoms with Gasteiger partial charge in [-0.2, -0.15) is 0 Å². The maximum absolute atomic E-state index is 3.77. The fraction of sp³-hybridized carbons (Fsp3) is 1.00. The molecule has 0 aromatic rings. The summed E-state index contributed by atoms with van der Waals surface area (Å²) in [6, 6.07) is 0. The molecule has 0 radical (unpaired) electrons. The van der Waals surface area contributed by atoms with E-state index in [0.29, 0.717) is 5.54 Å². The van der Waals surface area contributed by atoms with Crippen molar-refractivity contribution in [2.45, 2.75) is 58.4 Å². The largest absolute Gasteiger partial charge is 0.310 e. The first-order valence-corrected chi connectivity index (χ1v) is 6.73. The van der Waals surface area contributed by atoms with Crippen LogP contribution in [-0.2, 0) is 0 Å². The van der Waals surface area contributed by atoms with Crippen LogP contribution in [0.5, 0.6) is 0 Å². The summed E-state index contributed by atoms with van der Waals surface area (Å²) in [6.07, 6.45) is 6.56. The standard InChI is InChI=1S/C13H28N2/c1-4-13(5-2,6-3)14-9-12-15-10-7-8-11-15/h14H,4-12H2,1-3H3. The van der Waals surface area contributed by atoms with Gasteiger partial charge in [0.05, 0.1) is 0 Å². The molecule has 2 heteroatoms. The van der Waals surface area contributed by atoms with E-state index in [1.807, 2.05) is 0 Å². The zero-order valence-electron chi connectivity index (χ0n) is 10.8. The molecule has 0 aromatic carbocycles. The maximum atomic E-state index is 3.77. The Morgan fingerprint density at radius 3 is 2.00 bits per heavy atom. The fourth-order valence-electron chi connectivity index (χ4n) is 2.61. The van der Waals surface area contributed by atoms with Gasteiger partial charge in [-0.05, 0) is 45.2 Å². The van der Waals surface area contributed by atoms with E-state index in [1.54, 1.807) is 0 Å². The van der Waals surface area contributed by atoms with Crippen molar-refractivity contribution in [1.29, 1.82) is 0 Å². The van der Waals surface area contributed by atoms with Crippen LogP contribution in [0.1, 0.15) is 52.9 Å². The molecule has 0 unspecified atom stereocenters. The van der Waals surface area contributed by atoms with E-state index in [-0.39, 0.29) is 0 Å². The summed E-state index contributed by atoms with van der Waals surface area (Å²) in [6.45, 7) is 11.9. The summed E-state index contributed by atoms with van der Waals surface area (Å²) >= 11 is 0. The Balaban J connectivity index is 2.21. The van der Waals surface area contributed by atoms with Crippen molar-refractivity contribution in [1.82, 2.24) is 10.2 Å². The third-order valence-corrected chi connectivity index (χ3v) is 4.16. The van der Waals surface area contributed by atoms with Gasteiger partial charge >= 0.3 is 0 Å². The Morgan fingerprint density at radius 2 is 1.53 bits per heavy atom. The van der Waals surface area contributed by atoms with Crippen LogP contribution in [0.15, 0.2) is 0 Å². The molecule has 1 heterocycles. The second kappa shape index (κ2) is 6.49. The van der Waals surface area contributed by atoms with Gasteiger partial charge in [-0.1, -0.05) is 20.8 Å². The number of nitrogens with one attached hydrogen (secondary N) is 1. The third-order valence-electron chi connectivity index (χ3n) is 4.16. The van der Waals surface area contributed by atoms with Gasteiger partial charge in [0.25, 0.3) is 0 Å². The molecule has 2 nitrogen and oxygen atoms in total. The van der Waals surface area contributed by atoms with Crippen molar-refractivity contribution < 1.29 is 0 Å². The van der Waals surface area contributed by atoms with Gasteiger partial charge in [-0.15, -0.1) is 0 Å². The lowest BCUT2D eigenvalue weighted by atomic mass is 9.90. The molecule has 0 spiro atoms. The Hall–Kier alpha value is -0.0800. The second-order valence-electron chi connectivity index (χ2n) is 4.82. The number of rotatable bonds is 7. The predicted molar refractivity (Wildman–Crippen MR) is 67.3 cm³/mol. The quantitative estimate of drug-likeness (QED) is 0.698. The topological polar surface area (TPSA) is 15.3 Å². The predicted octanol–water partition coefficient (Wildman–Crippen LogP) is 2.64. The van der Waals surface area contributed by atoms with Crippen LogP contribution in [0.4, 0.5) is 0 Å². The number of nitrogens with zero attached hydrogens (tertiary/aromatic N) is 1. The van der Waals surface area contributed by atoms with Gasteiger partial charge in [0, 0.05) is 18.6 Å². The molecule has 1 fully saturated rings. The van der Waals surface area contributed by atoms with Crippen molar-refractivity contribution in [2.24, 2.45) is 0 Å².